The summed E-state index contributed by atoms with van der Waals surface area (Å²) in [6, 6.07) is 3.25. The zero-order valence-electron chi connectivity index (χ0n) is 15.3. The maximum absolute atomic E-state index is 10.1. The summed E-state index contributed by atoms with van der Waals surface area (Å²) in [5.74, 6) is 1.82. The smallest absolute Gasteiger partial charge is 0.250 e. The van der Waals surface area contributed by atoms with Crippen LogP contribution in [0, 0.1) is 0 Å². The highest BCUT2D eigenvalue weighted by molar-refractivity contribution is 9.10. The van der Waals surface area contributed by atoms with Crippen LogP contribution in [-0.2, 0) is 0 Å². The Hall–Kier alpha value is -2.13. The van der Waals surface area contributed by atoms with Gasteiger partial charge in [0.1, 0.15) is 5.75 Å². The molecule has 2 fully saturated rings. The first-order valence-corrected chi connectivity index (χ1v) is 10.5. The Kier molecular flexibility index (Phi) is 5.82. The normalized spacial score (nSPS) is 17.1. The predicted molar refractivity (Wildman–Crippen MR) is 115 cm³/mol. The number of aromatic nitrogens is 3. The highest BCUT2D eigenvalue weighted by Gasteiger charge is 2.21. The molecule has 0 bridgehead atoms. The van der Waals surface area contributed by atoms with Crippen LogP contribution in [-0.4, -0.2) is 52.5 Å². The van der Waals surface area contributed by atoms with E-state index in [0.29, 0.717) is 32.9 Å². The van der Waals surface area contributed by atoms with E-state index in [1.807, 2.05) is 0 Å². The van der Waals surface area contributed by atoms with Gasteiger partial charge in [-0.25, -0.2) is 5.43 Å². The number of phenolic OH excluding ortho intramolecular Hbond substituents is 1. The van der Waals surface area contributed by atoms with E-state index in [0.717, 1.165) is 51.9 Å². The number of phenols is 1. The van der Waals surface area contributed by atoms with Crippen LogP contribution in [0.2, 0.25) is 5.02 Å². The molecule has 3 heterocycles. The van der Waals surface area contributed by atoms with Crippen LogP contribution in [0.25, 0.3) is 0 Å². The van der Waals surface area contributed by atoms with Gasteiger partial charge < -0.3 is 14.9 Å². The maximum Gasteiger partial charge on any atom is 0.250 e. The number of hydrogen-bond donors (Lipinski definition) is 2. The van der Waals surface area contributed by atoms with Crippen molar-refractivity contribution in [2.75, 3.05) is 41.4 Å². The number of hydrogen-bond acceptors (Lipinski definition) is 8. The van der Waals surface area contributed by atoms with Crippen LogP contribution in [0.5, 0.6) is 5.75 Å². The molecule has 2 aromatic rings. The molecule has 2 aliphatic heterocycles. The molecule has 148 valence electrons. The first-order valence-electron chi connectivity index (χ1n) is 9.33. The van der Waals surface area contributed by atoms with Gasteiger partial charge >= 0.3 is 0 Å². The van der Waals surface area contributed by atoms with E-state index in [1.165, 1.54) is 6.21 Å². The van der Waals surface area contributed by atoms with E-state index in [9.17, 15) is 5.11 Å². The molecule has 0 atom stereocenters. The molecule has 2 N–H and O–H groups in total. The lowest BCUT2D eigenvalue weighted by Crippen LogP contribution is -2.25. The Bertz CT molecular complexity index is 848. The second-order valence-corrected chi connectivity index (χ2v) is 8.13. The van der Waals surface area contributed by atoms with Gasteiger partial charge in [-0.1, -0.05) is 11.6 Å². The molecule has 0 saturated carbocycles. The number of nitrogens with one attached hydrogen (secondary N) is 1. The average Bonchev–Trinajstić information content (AvgIpc) is 3.39. The van der Waals surface area contributed by atoms with Gasteiger partial charge in [0.2, 0.25) is 17.8 Å². The first kappa shape index (κ1) is 19.2. The molecule has 2 saturated heterocycles. The molecule has 1 aromatic carbocycles. The highest BCUT2D eigenvalue weighted by atomic mass is 79.9. The van der Waals surface area contributed by atoms with Gasteiger partial charge in [-0.15, -0.1) is 0 Å². The molecule has 0 spiro atoms. The van der Waals surface area contributed by atoms with Crippen molar-refractivity contribution in [3.8, 4) is 5.75 Å². The largest absolute Gasteiger partial charge is 0.506 e. The number of halogens is 2. The van der Waals surface area contributed by atoms with Gasteiger partial charge in [0.15, 0.2) is 0 Å². The SMILES string of the molecule is Oc1c(Br)cc(Cl)cc1/C=N\Nc1nc(N2CCCC2)nc(N2CCCC2)n1. The number of hydrazone groups is 1. The number of rotatable bonds is 5. The zero-order chi connectivity index (χ0) is 19.5. The van der Waals surface area contributed by atoms with Gasteiger partial charge in [0.25, 0.3) is 0 Å². The van der Waals surface area contributed by atoms with Crippen LogP contribution in [0.1, 0.15) is 31.2 Å². The second kappa shape index (κ2) is 8.48. The highest BCUT2D eigenvalue weighted by Crippen LogP contribution is 2.30. The minimum absolute atomic E-state index is 0.0705. The lowest BCUT2D eigenvalue weighted by atomic mass is 10.2. The van der Waals surface area contributed by atoms with Crippen molar-refractivity contribution in [2.45, 2.75) is 25.7 Å². The molecule has 0 unspecified atom stereocenters. The molecule has 0 amide bonds. The Morgan fingerprint density at radius 3 is 2.14 bits per heavy atom. The Balaban J connectivity index is 1.58. The fourth-order valence-corrected chi connectivity index (χ4v) is 4.20. The quantitative estimate of drug-likeness (QED) is 0.513. The van der Waals surface area contributed by atoms with Crippen molar-refractivity contribution in [1.29, 1.82) is 0 Å². The molecule has 1 aromatic heterocycles. The summed E-state index contributed by atoms with van der Waals surface area (Å²) in [6.07, 6.45) is 6.08. The van der Waals surface area contributed by atoms with E-state index in [2.05, 4.69) is 51.2 Å². The van der Waals surface area contributed by atoms with E-state index in [4.69, 9.17) is 11.6 Å². The Labute approximate surface area is 176 Å². The monoisotopic (exact) mass is 465 g/mol. The summed E-state index contributed by atoms with van der Waals surface area (Å²) in [6.45, 7) is 3.82. The van der Waals surface area contributed by atoms with E-state index in [1.54, 1.807) is 12.1 Å². The van der Waals surface area contributed by atoms with Gasteiger partial charge in [0.05, 0.1) is 10.7 Å². The van der Waals surface area contributed by atoms with Crippen LogP contribution < -0.4 is 15.2 Å². The van der Waals surface area contributed by atoms with Gasteiger partial charge in [-0.05, 0) is 53.7 Å². The summed E-state index contributed by atoms with van der Waals surface area (Å²) in [4.78, 5) is 18.1. The van der Waals surface area contributed by atoms with E-state index in [-0.39, 0.29) is 5.75 Å². The third kappa shape index (κ3) is 4.30. The van der Waals surface area contributed by atoms with Crippen molar-refractivity contribution >= 4 is 51.6 Å². The molecule has 28 heavy (non-hydrogen) atoms. The molecule has 4 rings (SSSR count). The summed E-state index contributed by atoms with van der Waals surface area (Å²) in [5.41, 5.74) is 3.36. The summed E-state index contributed by atoms with van der Waals surface area (Å²) in [5, 5.41) is 14.8. The summed E-state index contributed by atoms with van der Waals surface area (Å²) in [7, 11) is 0. The molecular formula is C18H21BrClN7O. The first-order chi connectivity index (χ1) is 13.6. The summed E-state index contributed by atoms with van der Waals surface area (Å²) < 4.78 is 0.509. The maximum atomic E-state index is 10.1. The minimum Gasteiger partial charge on any atom is -0.506 e. The number of nitrogens with zero attached hydrogens (tertiary/aromatic N) is 6. The van der Waals surface area contributed by atoms with Crippen LogP contribution in [0.15, 0.2) is 21.7 Å². The van der Waals surface area contributed by atoms with Crippen LogP contribution >= 0.6 is 27.5 Å². The molecule has 10 heteroatoms. The zero-order valence-corrected chi connectivity index (χ0v) is 17.6. The molecular weight excluding hydrogens is 446 g/mol. The number of anilines is 3. The number of benzene rings is 1. The van der Waals surface area contributed by atoms with Crippen molar-refractivity contribution in [3.05, 3.63) is 27.2 Å². The Morgan fingerprint density at radius 2 is 1.57 bits per heavy atom. The predicted octanol–water partition coefficient (Wildman–Crippen LogP) is 3.64. The van der Waals surface area contributed by atoms with Gasteiger partial charge in [-0.2, -0.15) is 20.1 Å². The van der Waals surface area contributed by atoms with Gasteiger partial charge in [0, 0.05) is 36.8 Å². The number of aromatic hydroxyl groups is 1. The van der Waals surface area contributed by atoms with Crippen molar-refractivity contribution < 1.29 is 5.11 Å². The van der Waals surface area contributed by atoms with E-state index < -0.39 is 0 Å². The molecule has 0 aliphatic carbocycles. The lowest BCUT2D eigenvalue weighted by molar-refractivity contribution is 0.471. The minimum atomic E-state index is 0.0705. The standard InChI is InChI=1S/C18H21BrClN7O/c19-14-10-13(20)9-12(15(14)28)11-21-25-16-22-17(26-5-1-2-6-26)24-18(23-16)27-7-3-4-8-27/h9-11,28H,1-8H2,(H,22,23,24,25)/b21-11-. The van der Waals surface area contributed by atoms with Crippen LogP contribution in [0.4, 0.5) is 17.8 Å². The van der Waals surface area contributed by atoms with Crippen molar-refractivity contribution in [3.63, 3.8) is 0 Å². The van der Waals surface area contributed by atoms with Crippen molar-refractivity contribution in [2.24, 2.45) is 5.10 Å². The molecule has 0 radical (unpaired) electrons. The third-order valence-electron chi connectivity index (χ3n) is 4.82. The fourth-order valence-electron chi connectivity index (χ4n) is 3.36. The molecule has 8 nitrogen and oxygen atoms in total. The van der Waals surface area contributed by atoms with Gasteiger partial charge in [-0.3, -0.25) is 0 Å². The average molecular weight is 467 g/mol. The topological polar surface area (TPSA) is 89.8 Å². The van der Waals surface area contributed by atoms with Crippen molar-refractivity contribution in [1.82, 2.24) is 15.0 Å². The van der Waals surface area contributed by atoms with Crippen LogP contribution in [0.3, 0.4) is 0 Å². The summed E-state index contributed by atoms with van der Waals surface area (Å²) >= 11 is 9.31. The van der Waals surface area contributed by atoms with E-state index >= 15 is 0 Å². The lowest BCUT2D eigenvalue weighted by Gasteiger charge is -2.20. The third-order valence-corrected chi connectivity index (χ3v) is 5.64. The Morgan fingerprint density at radius 1 is 1.00 bits per heavy atom. The fraction of sp³-hybridized carbons (Fsp3) is 0.444. The second-order valence-electron chi connectivity index (χ2n) is 6.84. The molecule has 2 aliphatic rings.